The maximum absolute atomic E-state index is 5.78. The topological polar surface area (TPSA) is 36.3 Å². The van der Waals surface area contributed by atoms with Crippen molar-refractivity contribution in [3.63, 3.8) is 0 Å². The summed E-state index contributed by atoms with van der Waals surface area (Å²) in [5, 5.41) is 4.33. The molecule has 0 aliphatic carbocycles. The quantitative estimate of drug-likeness (QED) is 0.498. The van der Waals surface area contributed by atoms with E-state index in [1.807, 2.05) is 18.3 Å². The molecule has 4 rings (SSSR count). The summed E-state index contributed by atoms with van der Waals surface area (Å²) >= 11 is 9.32. The van der Waals surface area contributed by atoms with Gasteiger partial charge in [-0.2, -0.15) is 0 Å². The lowest BCUT2D eigenvalue weighted by Gasteiger charge is -2.29. The molecule has 0 amide bonds. The molecule has 2 atom stereocenters. The Morgan fingerprint density at radius 3 is 2.60 bits per heavy atom. The van der Waals surface area contributed by atoms with E-state index < -0.39 is 0 Å². The highest BCUT2D eigenvalue weighted by molar-refractivity contribution is 9.10. The van der Waals surface area contributed by atoms with Gasteiger partial charge in [-0.3, -0.25) is 4.98 Å². The molecule has 1 aromatic carbocycles. The average molecular weight is 484 g/mol. The van der Waals surface area contributed by atoms with Crippen molar-refractivity contribution in [1.29, 1.82) is 0 Å². The predicted molar refractivity (Wildman–Crippen MR) is 129 cm³/mol. The average Bonchev–Trinajstić information content (AvgIpc) is 3.34. The fraction of sp³-hybridized carbons (Fsp3) is 0.304. The predicted octanol–water partition coefficient (Wildman–Crippen LogP) is 4.56. The van der Waals surface area contributed by atoms with Gasteiger partial charge in [-0.25, -0.2) is 0 Å². The van der Waals surface area contributed by atoms with Gasteiger partial charge in [0.05, 0.1) is 17.8 Å². The fourth-order valence-electron chi connectivity index (χ4n) is 4.00. The Labute approximate surface area is 191 Å². The van der Waals surface area contributed by atoms with E-state index in [0.29, 0.717) is 0 Å². The van der Waals surface area contributed by atoms with Crippen LogP contribution in [0.2, 0.25) is 0 Å². The van der Waals surface area contributed by atoms with Gasteiger partial charge in [0, 0.05) is 34.8 Å². The summed E-state index contributed by atoms with van der Waals surface area (Å²) in [6, 6.07) is 18.8. The molecule has 1 fully saturated rings. The van der Waals surface area contributed by atoms with Crippen molar-refractivity contribution < 1.29 is 0 Å². The number of aromatic nitrogens is 2. The Hall–Kier alpha value is -2.22. The molecule has 0 bridgehead atoms. The Morgan fingerprint density at radius 2 is 1.90 bits per heavy atom. The monoisotopic (exact) mass is 483 g/mol. The van der Waals surface area contributed by atoms with Crippen molar-refractivity contribution in [1.82, 2.24) is 24.7 Å². The lowest BCUT2D eigenvalue weighted by molar-refractivity contribution is 0.286. The Balaban J connectivity index is 1.73. The molecule has 3 heterocycles. The molecule has 0 saturated carbocycles. The van der Waals surface area contributed by atoms with Gasteiger partial charge in [-0.1, -0.05) is 22.0 Å². The maximum Gasteiger partial charge on any atom is 0.170 e. The van der Waals surface area contributed by atoms with E-state index in [2.05, 4.69) is 103 Å². The van der Waals surface area contributed by atoms with Crippen LogP contribution < -0.4 is 5.32 Å². The van der Waals surface area contributed by atoms with Crippen molar-refractivity contribution in [3.8, 4) is 5.69 Å². The van der Waals surface area contributed by atoms with Crippen LogP contribution >= 0.6 is 28.1 Å². The normalized spacial score (nSPS) is 18.8. The number of thiocarbonyl (C=S) groups is 1. The summed E-state index contributed by atoms with van der Waals surface area (Å²) in [7, 11) is 4.21. The van der Waals surface area contributed by atoms with E-state index in [4.69, 9.17) is 12.2 Å². The number of hydrogen-bond donors (Lipinski definition) is 1. The first-order chi connectivity index (χ1) is 14.5. The molecular weight excluding hydrogens is 458 g/mol. The molecule has 0 radical (unpaired) electrons. The Bertz CT molecular complexity index is 986. The van der Waals surface area contributed by atoms with Gasteiger partial charge in [-0.15, -0.1) is 0 Å². The van der Waals surface area contributed by atoms with Crippen molar-refractivity contribution in [3.05, 3.63) is 82.9 Å². The Kier molecular flexibility index (Phi) is 6.51. The molecule has 30 heavy (non-hydrogen) atoms. The summed E-state index contributed by atoms with van der Waals surface area (Å²) in [6.45, 7) is 1.91. The van der Waals surface area contributed by atoms with Crippen LogP contribution in [-0.4, -0.2) is 51.6 Å². The zero-order valence-corrected chi connectivity index (χ0v) is 19.6. The fourth-order valence-corrected chi connectivity index (χ4v) is 4.59. The highest BCUT2D eigenvalue weighted by atomic mass is 79.9. The van der Waals surface area contributed by atoms with Gasteiger partial charge in [0.25, 0.3) is 0 Å². The standard InChI is InChI=1S/C23H26BrN5S/c1-27(2)14-6-16-29-22(21(26-23(29)30)19-7-3-4-13-25-19)20-8-5-15-28(20)18-11-9-17(24)10-12-18/h3-5,7-13,15,21-22H,6,14,16H2,1-2H3,(H,26,30)/t21-,22-/m0/s1. The molecular formula is C23H26BrN5S. The first-order valence-electron chi connectivity index (χ1n) is 10.1. The van der Waals surface area contributed by atoms with Crippen molar-refractivity contribution in [2.45, 2.75) is 18.5 Å². The van der Waals surface area contributed by atoms with Crippen LogP contribution in [0.25, 0.3) is 5.69 Å². The van der Waals surface area contributed by atoms with Crippen LogP contribution in [-0.2, 0) is 0 Å². The molecule has 2 aromatic heterocycles. The van der Waals surface area contributed by atoms with Gasteiger partial charge in [0.2, 0.25) is 0 Å². The van der Waals surface area contributed by atoms with Gasteiger partial charge in [0.1, 0.15) is 0 Å². The number of benzene rings is 1. The number of nitrogens with one attached hydrogen (secondary N) is 1. The van der Waals surface area contributed by atoms with E-state index in [-0.39, 0.29) is 12.1 Å². The minimum atomic E-state index is 0.00199. The minimum Gasteiger partial charge on any atom is -0.352 e. The van der Waals surface area contributed by atoms with Crippen LogP contribution in [0.5, 0.6) is 0 Å². The minimum absolute atomic E-state index is 0.00199. The summed E-state index contributed by atoms with van der Waals surface area (Å²) < 4.78 is 3.32. The van der Waals surface area contributed by atoms with Gasteiger partial charge in [0.15, 0.2) is 5.11 Å². The van der Waals surface area contributed by atoms with Crippen molar-refractivity contribution >= 4 is 33.3 Å². The maximum atomic E-state index is 5.78. The third-order valence-corrected chi connectivity index (χ3v) is 6.27. The van der Waals surface area contributed by atoms with E-state index in [9.17, 15) is 0 Å². The first kappa shape index (κ1) is 21.0. The molecule has 0 spiro atoms. The molecule has 1 saturated heterocycles. The summed E-state index contributed by atoms with van der Waals surface area (Å²) in [5.74, 6) is 0. The molecule has 7 heteroatoms. The molecule has 1 aliphatic rings. The van der Waals surface area contributed by atoms with E-state index >= 15 is 0 Å². The summed E-state index contributed by atoms with van der Waals surface area (Å²) in [5.41, 5.74) is 3.33. The van der Waals surface area contributed by atoms with Crippen LogP contribution in [0.1, 0.15) is 29.9 Å². The SMILES string of the molecule is CN(C)CCCN1C(=S)N[C@@H](c2ccccn2)[C@@H]1c1cccn1-c1ccc(Br)cc1. The lowest BCUT2D eigenvalue weighted by Crippen LogP contribution is -2.32. The second kappa shape index (κ2) is 9.29. The molecule has 3 aromatic rings. The van der Waals surface area contributed by atoms with Crippen LogP contribution in [0.4, 0.5) is 0 Å². The van der Waals surface area contributed by atoms with Gasteiger partial charge < -0.3 is 19.7 Å². The van der Waals surface area contributed by atoms with Crippen LogP contribution in [0.15, 0.2) is 71.5 Å². The van der Waals surface area contributed by atoms with Gasteiger partial charge in [-0.05, 0) is 87.8 Å². The van der Waals surface area contributed by atoms with Crippen LogP contribution in [0.3, 0.4) is 0 Å². The first-order valence-corrected chi connectivity index (χ1v) is 11.3. The van der Waals surface area contributed by atoms with Crippen molar-refractivity contribution in [2.75, 3.05) is 27.2 Å². The molecule has 1 aliphatic heterocycles. The van der Waals surface area contributed by atoms with E-state index in [0.717, 1.165) is 40.5 Å². The molecule has 1 N–H and O–H groups in total. The zero-order valence-electron chi connectivity index (χ0n) is 17.2. The molecule has 5 nitrogen and oxygen atoms in total. The number of pyridine rings is 1. The lowest BCUT2D eigenvalue weighted by atomic mass is 10.0. The smallest absolute Gasteiger partial charge is 0.170 e. The largest absolute Gasteiger partial charge is 0.352 e. The second-order valence-corrected chi connectivity index (χ2v) is 9.06. The summed E-state index contributed by atoms with van der Waals surface area (Å²) in [6.07, 6.45) is 5.01. The second-order valence-electron chi connectivity index (χ2n) is 7.76. The number of hydrogen-bond acceptors (Lipinski definition) is 3. The highest BCUT2D eigenvalue weighted by Gasteiger charge is 2.40. The number of rotatable bonds is 7. The number of halogens is 1. The van der Waals surface area contributed by atoms with E-state index in [1.165, 1.54) is 5.69 Å². The van der Waals surface area contributed by atoms with Crippen LogP contribution in [0, 0.1) is 0 Å². The van der Waals surface area contributed by atoms with Crippen molar-refractivity contribution in [2.24, 2.45) is 0 Å². The van der Waals surface area contributed by atoms with E-state index in [1.54, 1.807) is 0 Å². The molecule has 0 unspecified atom stereocenters. The Morgan fingerprint density at radius 1 is 1.10 bits per heavy atom. The molecule has 156 valence electrons. The highest BCUT2D eigenvalue weighted by Crippen LogP contribution is 2.39. The number of nitrogens with zero attached hydrogens (tertiary/aromatic N) is 4. The summed E-state index contributed by atoms with van der Waals surface area (Å²) in [4.78, 5) is 9.17. The third kappa shape index (κ3) is 4.43. The third-order valence-electron chi connectivity index (χ3n) is 5.39. The zero-order chi connectivity index (χ0) is 21.1. The van der Waals surface area contributed by atoms with Gasteiger partial charge >= 0.3 is 0 Å².